The molecule has 1 saturated heterocycles. The number of carbonyl (C=O) groups excluding carboxylic acids is 3. The van der Waals surface area contributed by atoms with Crippen LogP contribution in [0.15, 0.2) is 91.0 Å². The fraction of sp³-hybridized carbons (Fsp3) is 0.219. The summed E-state index contributed by atoms with van der Waals surface area (Å²) in [7, 11) is 3.46. The fourth-order valence-corrected chi connectivity index (χ4v) is 5.02. The van der Waals surface area contributed by atoms with E-state index in [1.165, 1.54) is 4.52 Å². The van der Waals surface area contributed by atoms with Crippen molar-refractivity contribution >= 4 is 41.1 Å². The fourth-order valence-electron chi connectivity index (χ4n) is 4.82. The number of hydrogen-bond acceptors (Lipinski definition) is 12. The Bertz CT molecular complexity index is 1860. The summed E-state index contributed by atoms with van der Waals surface area (Å²) in [5, 5.41) is 12.9. The first-order valence-corrected chi connectivity index (χ1v) is 14.5. The van der Waals surface area contributed by atoms with E-state index in [-0.39, 0.29) is 40.3 Å². The molecule has 1 aliphatic heterocycles. The van der Waals surface area contributed by atoms with Gasteiger partial charge in [0.1, 0.15) is 12.7 Å². The smallest absolute Gasteiger partial charge is 0.338 e. The lowest BCUT2D eigenvalue weighted by Gasteiger charge is -2.24. The Balaban J connectivity index is 1.40. The minimum absolute atomic E-state index is 0.0219. The van der Waals surface area contributed by atoms with E-state index in [4.69, 9.17) is 30.5 Å². The van der Waals surface area contributed by atoms with Gasteiger partial charge in [0.2, 0.25) is 11.6 Å². The van der Waals surface area contributed by atoms with Crippen LogP contribution in [0.5, 0.6) is 0 Å². The van der Waals surface area contributed by atoms with E-state index in [0.29, 0.717) is 5.56 Å². The Kier molecular flexibility index (Phi) is 8.85. The van der Waals surface area contributed by atoms with E-state index in [0.717, 1.165) is 0 Å². The molecule has 0 spiro atoms. The number of halogens is 1. The summed E-state index contributed by atoms with van der Waals surface area (Å²) < 4.78 is 25.3. The van der Waals surface area contributed by atoms with Crippen molar-refractivity contribution in [3.8, 4) is 0 Å². The molecule has 0 radical (unpaired) electrons. The molecule has 13 nitrogen and oxygen atoms in total. The number of carbonyl (C=O) groups is 3. The van der Waals surface area contributed by atoms with Crippen molar-refractivity contribution in [3.63, 3.8) is 0 Å². The Hall–Kier alpha value is -5.40. The Morgan fingerprint density at radius 2 is 1.30 bits per heavy atom. The third-order valence-electron chi connectivity index (χ3n) is 7.09. The third kappa shape index (κ3) is 6.36. The Labute approximate surface area is 267 Å². The molecule has 1 aliphatic rings. The first-order valence-electron chi connectivity index (χ1n) is 14.2. The topological polar surface area (TPSA) is 147 Å². The standard InChI is InChI=1S/C32H27ClN6O7/c1-38(2)32-34-26(33)28-36-35-27(39(28)37-32)25-24(46-31(42)21-16-10-5-11-17-21)23(45-30(41)20-14-8-4-9-15-20)22(44-25)18-43-29(40)19-12-6-3-7-13-19/h3-17,22-25H,18H2,1-2H3/t22-,23-,24-,25-/m1/s1. The normalized spacial score (nSPS) is 19.0. The Morgan fingerprint density at radius 1 is 0.783 bits per heavy atom. The lowest BCUT2D eigenvalue weighted by Crippen LogP contribution is -2.41. The lowest BCUT2D eigenvalue weighted by molar-refractivity contribution is -0.0455. The van der Waals surface area contributed by atoms with Crippen molar-refractivity contribution < 1.29 is 33.3 Å². The van der Waals surface area contributed by atoms with E-state index in [1.54, 1.807) is 110 Å². The van der Waals surface area contributed by atoms with Gasteiger partial charge in [0.05, 0.1) is 16.7 Å². The van der Waals surface area contributed by atoms with Crippen molar-refractivity contribution in [3.05, 3.63) is 119 Å². The molecule has 0 amide bonds. The summed E-state index contributed by atoms with van der Waals surface area (Å²) in [6.07, 6.45) is -4.84. The monoisotopic (exact) mass is 642 g/mol. The van der Waals surface area contributed by atoms with Crippen molar-refractivity contribution in [2.75, 3.05) is 25.6 Å². The zero-order chi connectivity index (χ0) is 32.2. The van der Waals surface area contributed by atoms with E-state index >= 15 is 0 Å². The van der Waals surface area contributed by atoms with Gasteiger partial charge in [0, 0.05) is 14.1 Å². The maximum absolute atomic E-state index is 13.4. The summed E-state index contributed by atoms with van der Waals surface area (Å²) in [5.41, 5.74) is 0.936. The van der Waals surface area contributed by atoms with E-state index in [2.05, 4.69) is 20.3 Å². The van der Waals surface area contributed by atoms with Gasteiger partial charge in [-0.2, -0.15) is 9.50 Å². The van der Waals surface area contributed by atoms with E-state index in [1.807, 2.05) is 0 Å². The Morgan fingerprint density at radius 3 is 1.85 bits per heavy atom. The predicted molar refractivity (Wildman–Crippen MR) is 164 cm³/mol. The van der Waals surface area contributed by atoms with Gasteiger partial charge < -0.3 is 23.8 Å². The van der Waals surface area contributed by atoms with Crippen LogP contribution >= 0.6 is 11.6 Å². The van der Waals surface area contributed by atoms with E-state index < -0.39 is 42.3 Å². The predicted octanol–water partition coefficient (Wildman–Crippen LogP) is 3.99. The SMILES string of the molecule is CN(C)c1nc(Cl)c2nnc([C@@H]3O[C@H](COC(=O)c4ccccc4)[C@@H](OC(=O)c4ccccc4)[C@H]3OC(=O)c3ccccc3)n2n1. The average molecular weight is 643 g/mol. The summed E-state index contributed by atoms with van der Waals surface area (Å²) in [6, 6.07) is 25.0. The third-order valence-corrected chi connectivity index (χ3v) is 7.35. The molecule has 0 unspecified atom stereocenters. The zero-order valence-corrected chi connectivity index (χ0v) is 25.4. The molecule has 234 valence electrons. The van der Waals surface area contributed by atoms with Gasteiger partial charge in [-0.25, -0.2) is 14.4 Å². The molecule has 0 saturated carbocycles. The first-order chi connectivity index (χ1) is 22.3. The van der Waals surface area contributed by atoms with Gasteiger partial charge in [-0.1, -0.05) is 66.2 Å². The lowest BCUT2D eigenvalue weighted by atomic mass is 10.1. The van der Waals surface area contributed by atoms with E-state index in [9.17, 15) is 14.4 Å². The van der Waals surface area contributed by atoms with Gasteiger partial charge in [0.15, 0.2) is 29.3 Å². The van der Waals surface area contributed by atoms with Gasteiger partial charge in [-0.15, -0.1) is 15.3 Å². The highest BCUT2D eigenvalue weighted by molar-refractivity contribution is 6.32. The number of rotatable bonds is 9. The number of hydrogen-bond donors (Lipinski definition) is 0. The number of nitrogens with zero attached hydrogens (tertiary/aromatic N) is 6. The molecule has 0 bridgehead atoms. The molecule has 4 atom stereocenters. The molecule has 14 heteroatoms. The van der Waals surface area contributed by atoms with Gasteiger partial charge in [-0.05, 0) is 36.4 Å². The second kappa shape index (κ2) is 13.3. The molecule has 0 aliphatic carbocycles. The van der Waals surface area contributed by atoms with Crippen molar-refractivity contribution in [1.29, 1.82) is 0 Å². The number of ether oxygens (including phenoxy) is 4. The van der Waals surface area contributed by atoms with Crippen molar-refractivity contribution in [1.82, 2.24) is 24.8 Å². The second-order valence-corrected chi connectivity index (χ2v) is 10.8. The van der Waals surface area contributed by atoms with Crippen LogP contribution in [0.25, 0.3) is 5.65 Å². The van der Waals surface area contributed by atoms with Crippen LogP contribution in [0, 0.1) is 0 Å². The summed E-state index contributed by atoms with van der Waals surface area (Å²) in [6.45, 7) is -0.355. The number of fused-ring (bicyclic) bond motifs is 1. The number of anilines is 1. The second-order valence-electron chi connectivity index (χ2n) is 10.4. The van der Waals surface area contributed by atoms with Gasteiger partial charge in [0.25, 0.3) is 0 Å². The number of aromatic nitrogens is 5. The molecule has 1 fully saturated rings. The van der Waals surface area contributed by atoms with Crippen LogP contribution in [0.4, 0.5) is 5.95 Å². The summed E-state index contributed by atoms with van der Waals surface area (Å²) in [4.78, 5) is 45.6. The van der Waals surface area contributed by atoms with Crippen LogP contribution in [-0.2, 0) is 18.9 Å². The first kappa shape index (κ1) is 30.6. The molecule has 6 rings (SSSR count). The maximum atomic E-state index is 13.4. The molecular formula is C32H27ClN6O7. The highest BCUT2D eigenvalue weighted by Crippen LogP contribution is 2.38. The summed E-state index contributed by atoms with van der Waals surface area (Å²) in [5.74, 6) is -1.71. The minimum atomic E-state index is -1.29. The van der Waals surface area contributed by atoms with Crippen molar-refractivity contribution in [2.24, 2.45) is 0 Å². The van der Waals surface area contributed by atoms with Gasteiger partial charge in [-0.3, -0.25) is 0 Å². The number of benzene rings is 3. The zero-order valence-electron chi connectivity index (χ0n) is 24.6. The van der Waals surface area contributed by atoms with Crippen LogP contribution in [0.3, 0.4) is 0 Å². The van der Waals surface area contributed by atoms with Crippen LogP contribution in [-0.4, -0.2) is 81.7 Å². The molecule has 46 heavy (non-hydrogen) atoms. The van der Waals surface area contributed by atoms with Crippen LogP contribution < -0.4 is 4.90 Å². The molecule has 2 aromatic heterocycles. The summed E-state index contributed by atoms with van der Waals surface area (Å²) >= 11 is 6.41. The minimum Gasteiger partial charge on any atom is -0.459 e. The molecule has 5 aromatic rings. The molecule has 0 N–H and O–H groups in total. The molecule has 3 aromatic carbocycles. The number of esters is 3. The van der Waals surface area contributed by atoms with Gasteiger partial charge >= 0.3 is 17.9 Å². The highest BCUT2D eigenvalue weighted by atomic mass is 35.5. The quantitative estimate of drug-likeness (QED) is 0.169. The van der Waals surface area contributed by atoms with Crippen LogP contribution in [0.1, 0.15) is 43.0 Å². The molecular weight excluding hydrogens is 616 g/mol. The molecule has 3 heterocycles. The van der Waals surface area contributed by atoms with Crippen LogP contribution in [0.2, 0.25) is 5.15 Å². The largest absolute Gasteiger partial charge is 0.459 e. The maximum Gasteiger partial charge on any atom is 0.338 e. The average Bonchev–Trinajstić information content (AvgIpc) is 3.66. The van der Waals surface area contributed by atoms with Crippen molar-refractivity contribution in [2.45, 2.75) is 24.4 Å². The highest BCUT2D eigenvalue weighted by Gasteiger charge is 2.53.